The van der Waals surface area contributed by atoms with Gasteiger partial charge >= 0.3 is 6.18 Å². The molecule has 0 fully saturated rings. The van der Waals surface area contributed by atoms with E-state index < -0.39 is 17.6 Å². The van der Waals surface area contributed by atoms with Crippen molar-refractivity contribution in [3.05, 3.63) is 82.9 Å². The number of hydrogen-bond donors (Lipinski definition) is 1. The number of amides is 1. The predicted octanol–water partition coefficient (Wildman–Crippen LogP) is 4.27. The molecule has 0 bridgehead atoms. The first-order valence-electron chi connectivity index (χ1n) is 8.00. The summed E-state index contributed by atoms with van der Waals surface area (Å²) in [5.41, 5.74) is 0.969. The summed E-state index contributed by atoms with van der Waals surface area (Å²) >= 11 is 0. The van der Waals surface area contributed by atoms with Crippen molar-refractivity contribution in [2.24, 2.45) is 0 Å². The lowest BCUT2D eigenvalue weighted by molar-refractivity contribution is -0.137. The molecule has 0 radical (unpaired) electrons. The lowest BCUT2D eigenvalue weighted by Gasteiger charge is -2.10. The van der Waals surface area contributed by atoms with Crippen LogP contribution in [0.5, 0.6) is 0 Å². The number of alkyl halides is 3. The van der Waals surface area contributed by atoms with Gasteiger partial charge in [-0.1, -0.05) is 12.1 Å². The smallest absolute Gasteiger partial charge is 0.348 e. The Morgan fingerprint density at radius 3 is 2.52 bits per heavy atom. The number of halogens is 4. The Morgan fingerprint density at radius 1 is 1.15 bits per heavy atom. The first-order chi connectivity index (χ1) is 12.8. The van der Waals surface area contributed by atoms with Crippen LogP contribution in [0.25, 0.3) is 5.69 Å². The number of benzene rings is 2. The van der Waals surface area contributed by atoms with Crippen molar-refractivity contribution in [3.8, 4) is 5.69 Å². The van der Waals surface area contributed by atoms with Crippen molar-refractivity contribution in [1.82, 2.24) is 15.1 Å². The minimum atomic E-state index is -4.44. The topological polar surface area (TPSA) is 46.9 Å². The summed E-state index contributed by atoms with van der Waals surface area (Å²) in [5.74, 6) is -0.846. The molecule has 0 unspecified atom stereocenters. The Labute approximate surface area is 152 Å². The van der Waals surface area contributed by atoms with E-state index in [1.807, 2.05) is 0 Å². The van der Waals surface area contributed by atoms with Gasteiger partial charge in [0, 0.05) is 6.54 Å². The highest BCUT2D eigenvalue weighted by molar-refractivity contribution is 5.95. The molecule has 1 amide bonds. The SMILES string of the molecule is Cc1c(C(=O)NCc2cccc(C(F)(F)F)c2)cnn1-c1ccc(F)cc1. The van der Waals surface area contributed by atoms with E-state index in [0.717, 1.165) is 12.1 Å². The number of carbonyl (C=O) groups excluding carboxylic acids is 1. The van der Waals surface area contributed by atoms with Gasteiger partial charge in [0.25, 0.3) is 5.91 Å². The third-order valence-corrected chi connectivity index (χ3v) is 4.03. The fourth-order valence-electron chi connectivity index (χ4n) is 2.61. The normalized spacial score (nSPS) is 11.4. The molecule has 0 aliphatic carbocycles. The fourth-order valence-corrected chi connectivity index (χ4v) is 2.61. The third kappa shape index (κ3) is 4.16. The Bertz CT molecular complexity index is 962. The van der Waals surface area contributed by atoms with E-state index in [1.165, 1.54) is 47.3 Å². The molecule has 140 valence electrons. The Kier molecular flexibility index (Phi) is 4.98. The first-order valence-corrected chi connectivity index (χ1v) is 8.00. The average Bonchev–Trinajstić information content (AvgIpc) is 3.01. The van der Waals surface area contributed by atoms with Crippen LogP contribution in [-0.4, -0.2) is 15.7 Å². The maximum absolute atomic E-state index is 13.0. The van der Waals surface area contributed by atoms with Gasteiger partial charge in [0.05, 0.1) is 28.7 Å². The molecule has 8 heteroatoms. The van der Waals surface area contributed by atoms with Crippen LogP contribution in [0.3, 0.4) is 0 Å². The Hall–Kier alpha value is -3.16. The number of nitrogens with one attached hydrogen (secondary N) is 1. The van der Waals surface area contributed by atoms with E-state index in [9.17, 15) is 22.4 Å². The van der Waals surface area contributed by atoms with E-state index in [-0.39, 0.29) is 17.9 Å². The largest absolute Gasteiger partial charge is 0.416 e. The number of hydrogen-bond acceptors (Lipinski definition) is 2. The summed E-state index contributed by atoms with van der Waals surface area (Å²) in [5, 5.41) is 6.71. The van der Waals surface area contributed by atoms with Gasteiger partial charge in [0.2, 0.25) is 0 Å². The van der Waals surface area contributed by atoms with Crippen LogP contribution in [0.1, 0.15) is 27.2 Å². The number of rotatable bonds is 4. The van der Waals surface area contributed by atoms with E-state index >= 15 is 0 Å². The van der Waals surface area contributed by atoms with Crippen molar-refractivity contribution in [2.45, 2.75) is 19.6 Å². The summed E-state index contributed by atoms with van der Waals surface area (Å²) in [7, 11) is 0. The fraction of sp³-hybridized carbons (Fsp3) is 0.158. The number of nitrogens with zero attached hydrogens (tertiary/aromatic N) is 2. The van der Waals surface area contributed by atoms with Crippen LogP contribution in [0.15, 0.2) is 54.7 Å². The highest BCUT2D eigenvalue weighted by Crippen LogP contribution is 2.29. The van der Waals surface area contributed by atoms with E-state index in [0.29, 0.717) is 16.9 Å². The van der Waals surface area contributed by atoms with Crippen LogP contribution >= 0.6 is 0 Å². The molecule has 0 saturated heterocycles. The summed E-state index contributed by atoms with van der Waals surface area (Å²) in [6.45, 7) is 1.62. The predicted molar refractivity (Wildman–Crippen MR) is 90.9 cm³/mol. The zero-order chi connectivity index (χ0) is 19.6. The van der Waals surface area contributed by atoms with Crippen LogP contribution < -0.4 is 5.32 Å². The minimum absolute atomic E-state index is 0.0517. The molecule has 0 aliphatic heterocycles. The molecule has 0 spiro atoms. The molecule has 0 saturated carbocycles. The number of carbonyl (C=O) groups is 1. The van der Waals surface area contributed by atoms with Gasteiger partial charge in [0.1, 0.15) is 5.82 Å². The molecule has 3 aromatic rings. The zero-order valence-corrected chi connectivity index (χ0v) is 14.2. The maximum atomic E-state index is 13.0. The molecule has 0 aliphatic rings. The molecule has 3 rings (SSSR count). The summed E-state index contributed by atoms with van der Waals surface area (Å²) in [6.07, 6.45) is -3.08. The van der Waals surface area contributed by atoms with Gasteiger partial charge in [-0.2, -0.15) is 18.3 Å². The van der Waals surface area contributed by atoms with Crippen LogP contribution in [-0.2, 0) is 12.7 Å². The van der Waals surface area contributed by atoms with Gasteiger partial charge in [-0.25, -0.2) is 9.07 Å². The van der Waals surface area contributed by atoms with Crippen LogP contribution in [0.4, 0.5) is 17.6 Å². The van der Waals surface area contributed by atoms with E-state index in [4.69, 9.17) is 0 Å². The molecule has 4 nitrogen and oxygen atoms in total. The summed E-state index contributed by atoms with van der Waals surface area (Å²) in [4.78, 5) is 12.4. The second-order valence-corrected chi connectivity index (χ2v) is 5.91. The van der Waals surface area contributed by atoms with Gasteiger partial charge in [-0.3, -0.25) is 4.79 Å². The molecule has 27 heavy (non-hydrogen) atoms. The summed E-state index contributed by atoms with van der Waals surface area (Å²) in [6, 6.07) is 10.4. The Balaban J connectivity index is 1.73. The standard InChI is InChI=1S/C19H15F4N3O/c1-12-17(11-25-26(12)16-7-5-15(20)6-8-16)18(27)24-10-13-3-2-4-14(9-13)19(21,22)23/h2-9,11H,10H2,1H3,(H,24,27). The van der Waals surface area contributed by atoms with Crippen LogP contribution in [0.2, 0.25) is 0 Å². The second-order valence-electron chi connectivity index (χ2n) is 5.91. The molecule has 1 heterocycles. The molecule has 2 aromatic carbocycles. The molecule has 0 atom stereocenters. The van der Waals surface area contributed by atoms with Gasteiger partial charge < -0.3 is 5.32 Å². The zero-order valence-electron chi connectivity index (χ0n) is 14.2. The molecule has 1 aromatic heterocycles. The van der Waals surface area contributed by atoms with Gasteiger partial charge in [0.15, 0.2) is 0 Å². The van der Waals surface area contributed by atoms with Crippen molar-refractivity contribution >= 4 is 5.91 Å². The molecular weight excluding hydrogens is 362 g/mol. The minimum Gasteiger partial charge on any atom is -0.348 e. The van der Waals surface area contributed by atoms with E-state index in [2.05, 4.69) is 10.4 Å². The second kappa shape index (κ2) is 7.22. The quantitative estimate of drug-likeness (QED) is 0.691. The molecule has 1 N–H and O–H groups in total. The summed E-state index contributed by atoms with van der Waals surface area (Å²) < 4.78 is 52.8. The lowest BCUT2D eigenvalue weighted by atomic mass is 10.1. The Morgan fingerprint density at radius 2 is 1.85 bits per heavy atom. The van der Waals surface area contributed by atoms with Gasteiger partial charge in [-0.05, 0) is 48.9 Å². The van der Waals surface area contributed by atoms with Crippen LogP contribution in [0, 0.1) is 12.7 Å². The third-order valence-electron chi connectivity index (χ3n) is 4.03. The monoisotopic (exact) mass is 377 g/mol. The lowest BCUT2D eigenvalue weighted by Crippen LogP contribution is -2.23. The average molecular weight is 377 g/mol. The van der Waals surface area contributed by atoms with Crippen molar-refractivity contribution < 1.29 is 22.4 Å². The first kappa shape index (κ1) is 18.6. The van der Waals surface area contributed by atoms with Crippen molar-refractivity contribution in [1.29, 1.82) is 0 Å². The van der Waals surface area contributed by atoms with Gasteiger partial charge in [-0.15, -0.1) is 0 Å². The van der Waals surface area contributed by atoms with Crippen molar-refractivity contribution in [2.75, 3.05) is 0 Å². The van der Waals surface area contributed by atoms with Crippen molar-refractivity contribution in [3.63, 3.8) is 0 Å². The molecular formula is C19H15F4N3O. The highest BCUT2D eigenvalue weighted by atomic mass is 19.4. The number of aromatic nitrogens is 2. The maximum Gasteiger partial charge on any atom is 0.416 e. The van der Waals surface area contributed by atoms with E-state index in [1.54, 1.807) is 6.92 Å². The highest BCUT2D eigenvalue weighted by Gasteiger charge is 2.30.